The van der Waals surface area contributed by atoms with Crippen LogP contribution >= 0.6 is 11.6 Å². The van der Waals surface area contributed by atoms with Crippen LogP contribution < -0.4 is 19.7 Å². The first kappa shape index (κ1) is 26.0. The van der Waals surface area contributed by atoms with E-state index >= 15 is 0 Å². The number of nitrogens with one attached hydrogen (secondary N) is 1. The largest absolute Gasteiger partial charge is 0.493 e. The van der Waals surface area contributed by atoms with Gasteiger partial charge in [0, 0.05) is 38.3 Å². The number of anilines is 2. The maximum atomic E-state index is 14.2. The van der Waals surface area contributed by atoms with Gasteiger partial charge in [-0.25, -0.2) is 4.68 Å². The lowest BCUT2D eigenvalue weighted by Crippen LogP contribution is -2.49. The fourth-order valence-electron chi connectivity index (χ4n) is 4.97. The Balaban J connectivity index is 1.41. The van der Waals surface area contributed by atoms with Crippen molar-refractivity contribution < 1.29 is 27.4 Å². The zero-order chi connectivity index (χ0) is 27.0. The van der Waals surface area contributed by atoms with Crippen molar-refractivity contribution in [1.29, 1.82) is 0 Å². The van der Waals surface area contributed by atoms with Gasteiger partial charge in [0.25, 0.3) is 5.91 Å². The smallest absolute Gasteiger partial charge is 0.410 e. The molecule has 3 heterocycles. The first-order valence-corrected chi connectivity index (χ1v) is 12.5. The number of ether oxygens (including phenoxy) is 2. The number of fused-ring (bicyclic) bond motifs is 1. The number of carbonyl (C=O) groups excluding carboxylic acids is 1. The average Bonchev–Trinajstić information content (AvgIpc) is 3.27. The molecule has 2 aliphatic heterocycles. The zero-order valence-electron chi connectivity index (χ0n) is 20.8. The highest BCUT2D eigenvalue weighted by molar-refractivity contribution is 6.36. The van der Waals surface area contributed by atoms with Gasteiger partial charge in [0.05, 0.1) is 20.3 Å². The third-order valence-electron chi connectivity index (χ3n) is 7.00. The van der Waals surface area contributed by atoms with Crippen LogP contribution in [0.3, 0.4) is 0 Å². The Morgan fingerprint density at radius 2 is 1.71 bits per heavy atom. The van der Waals surface area contributed by atoms with E-state index in [1.807, 2.05) is 30.3 Å². The van der Waals surface area contributed by atoms with Gasteiger partial charge in [-0.2, -0.15) is 18.3 Å². The van der Waals surface area contributed by atoms with Crippen LogP contribution in [0.1, 0.15) is 34.6 Å². The third kappa shape index (κ3) is 4.82. The fraction of sp³-hybridized carbons (Fsp3) is 0.385. The molecule has 0 bridgehead atoms. The lowest BCUT2D eigenvalue weighted by molar-refractivity contribution is -0.173. The summed E-state index contributed by atoms with van der Waals surface area (Å²) in [5.74, 6) is 0.329. The number of benzene rings is 2. The maximum absolute atomic E-state index is 14.2. The highest BCUT2D eigenvalue weighted by Gasteiger charge is 2.48. The van der Waals surface area contributed by atoms with Gasteiger partial charge in [0.1, 0.15) is 10.8 Å². The molecule has 12 heteroatoms. The second-order valence-electron chi connectivity index (χ2n) is 9.18. The van der Waals surface area contributed by atoms with Crippen LogP contribution in [0.15, 0.2) is 48.5 Å². The minimum Gasteiger partial charge on any atom is -0.493 e. The van der Waals surface area contributed by atoms with Crippen LogP contribution in [0.25, 0.3) is 0 Å². The van der Waals surface area contributed by atoms with E-state index in [9.17, 15) is 18.0 Å². The van der Waals surface area contributed by atoms with E-state index in [-0.39, 0.29) is 23.0 Å². The van der Waals surface area contributed by atoms with Crippen molar-refractivity contribution in [3.05, 3.63) is 64.8 Å². The Bertz CT molecular complexity index is 1310. The number of piperazine rings is 1. The monoisotopic (exact) mass is 549 g/mol. The molecule has 0 saturated carbocycles. The number of nitrogens with zero attached hydrogens (tertiary/aromatic N) is 4. The lowest BCUT2D eigenvalue weighted by Gasteiger charge is -2.35. The number of halogens is 4. The van der Waals surface area contributed by atoms with Crippen molar-refractivity contribution in [1.82, 2.24) is 14.7 Å². The Morgan fingerprint density at radius 1 is 1.03 bits per heavy atom. The molecule has 8 nitrogen and oxygen atoms in total. The summed E-state index contributed by atoms with van der Waals surface area (Å²) >= 11 is 6.54. The molecule has 1 fully saturated rings. The molecular weight excluding hydrogens is 523 g/mol. The molecule has 2 aliphatic rings. The Labute approximate surface area is 222 Å². The normalized spacial score (nSPS) is 19.5. The van der Waals surface area contributed by atoms with E-state index in [1.165, 1.54) is 14.2 Å². The standard InChI is InChI=1S/C26H27ClF3N5O3/c1-37-19-9-8-16(14-20(19)38-2)18-15-21(26(28,29)30)35-24(31-18)22(27)23(32-35)25(36)34-12-10-33(11-13-34)17-6-4-3-5-7-17/h3-9,14,18,21,31H,10-13,15H2,1-2H3/t18-,21-/m1/s1. The van der Waals surface area contributed by atoms with Gasteiger partial charge in [-0.1, -0.05) is 35.9 Å². The Kier molecular flexibility index (Phi) is 7.04. The van der Waals surface area contributed by atoms with E-state index in [0.717, 1.165) is 10.4 Å². The first-order valence-electron chi connectivity index (χ1n) is 12.1. The van der Waals surface area contributed by atoms with Crippen LogP contribution in [-0.2, 0) is 0 Å². The second kappa shape index (κ2) is 10.3. The van der Waals surface area contributed by atoms with Crippen molar-refractivity contribution in [2.45, 2.75) is 24.7 Å². The van der Waals surface area contributed by atoms with Crippen molar-refractivity contribution in [2.75, 3.05) is 50.6 Å². The first-order chi connectivity index (χ1) is 18.2. The summed E-state index contributed by atoms with van der Waals surface area (Å²) in [4.78, 5) is 17.1. The maximum Gasteiger partial charge on any atom is 0.410 e. The van der Waals surface area contributed by atoms with E-state index in [2.05, 4.69) is 15.3 Å². The summed E-state index contributed by atoms with van der Waals surface area (Å²) < 4.78 is 54.0. The van der Waals surface area contributed by atoms with Gasteiger partial charge in [-0.05, 0) is 29.8 Å². The van der Waals surface area contributed by atoms with Crippen molar-refractivity contribution >= 4 is 29.0 Å². The molecule has 1 saturated heterocycles. The van der Waals surface area contributed by atoms with E-state index in [4.69, 9.17) is 21.1 Å². The molecule has 0 spiro atoms. The molecule has 3 aromatic rings. The third-order valence-corrected chi connectivity index (χ3v) is 7.35. The van der Waals surface area contributed by atoms with Crippen molar-refractivity contribution in [3.63, 3.8) is 0 Å². The highest BCUT2D eigenvalue weighted by Crippen LogP contribution is 2.47. The lowest BCUT2D eigenvalue weighted by atomic mass is 9.96. The average molecular weight is 550 g/mol. The number of carbonyl (C=O) groups is 1. The molecule has 2 aromatic carbocycles. The highest BCUT2D eigenvalue weighted by atomic mass is 35.5. The number of hydrogen-bond acceptors (Lipinski definition) is 6. The summed E-state index contributed by atoms with van der Waals surface area (Å²) in [5, 5.41) is 7.04. The molecule has 1 amide bonds. The van der Waals surface area contributed by atoms with Gasteiger partial charge in [-0.3, -0.25) is 4.79 Å². The molecule has 0 aliphatic carbocycles. The predicted octanol–water partition coefficient (Wildman–Crippen LogP) is 5.18. The number of rotatable bonds is 5. The number of alkyl halides is 3. The number of aromatic nitrogens is 2. The number of amides is 1. The Hall–Kier alpha value is -3.60. The molecule has 1 N–H and O–H groups in total. The summed E-state index contributed by atoms with van der Waals surface area (Å²) in [6.45, 7) is 1.98. The van der Waals surface area contributed by atoms with Crippen LogP contribution in [0.4, 0.5) is 24.7 Å². The number of para-hydroxylation sites is 1. The predicted molar refractivity (Wildman–Crippen MR) is 137 cm³/mol. The summed E-state index contributed by atoms with van der Waals surface area (Å²) in [6.07, 6.45) is -4.95. The number of hydrogen-bond donors (Lipinski definition) is 1. The van der Waals surface area contributed by atoms with Gasteiger partial charge in [-0.15, -0.1) is 0 Å². The van der Waals surface area contributed by atoms with Crippen LogP contribution in [0, 0.1) is 0 Å². The van der Waals surface area contributed by atoms with Crippen molar-refractivity contribution in [2.24, 2.45) is 0 Å². The van der Waals surface area contributed by atoms with E-state index in [1.54, 1.807) is 23.1 Å². The molecule has 38 heavy (non-hydrogen) atoms. The van der Waals surface area contributed by atoms with E-state index in [0.29, 0.717) is 43.2 Å². The molecular formula is C26H27ClF3N5O3. The molecule has 1 aromatic heterocycles. The van der Waals surface area contributed by atoms with Crippen LogP contribution in [0.5, 0.6) is 11.5 Å². The number of methoxy groups -OCH3 is 2. The van der Waals surface area contributed by atoms with E-state index < -0.39 is 24.2 Å². The minimum absolute atomic E-state index is 0.0358. The quantitative estimate of drug-likeness (QED) is 0.473. The van der Waals surface area contributed by atoms with Crippen LogP contribution in [0.2, 0.25) is 5.02 Å². The topological polar surface area (TPSA) is 71.9 Å². The second-order valence-corrected chi connectivity index (χ2v) is 9.55. The summed E-state index contributed by atoms with van der Waals surface area (Å²) in [6, 6.07) is 12.0. The molecule has 2 atom stereocenters. The summed E-state index contributed by atoms with van der Waals surface area (Å²) in [7, 11) is 2.94. The Morgan fingerprint density at radius 3 is 2.34 bits per heavy atom. The van der Waals surface area contributed by atoms with Gasteiger partial charge < -0.3 is 24.6 Å². The summed E-state index contributed by atoms with van der Waals surface area (Å²) in [5.41, 5.74) is 1.42. The molecule has 5 rings (SSSR count). The van der Waals surface area contributed by atoms with Crippen molar-refractivity contribution in [3.8, 4) is 11.5 Å². The molecule has 202 valence electrons. The van der Waals surface area contributed by atoms with Crippen LogP contribution in [-0.4, -0.2) is 67.2 Å². The fourth-order valence-corrected chi connectivity index (χ4v) is 5.23. The minimum atomic E-state index is -4.61. The van der Waals surface area contributed by atoms with Gasteiger partial charge in [0.2, 0.25) is 0 Å². The molecule has 0 unspecified atom stereocenters. The SMILES string of the molecule is COc1ccc([C@H]2C[C@H](C(F)(F)F)n3nc(C(=O)N4CCN(c5ccccc5)CC4)c(Cl)c3N2)cc1OC. The van der Waals surface area contributed by atoms with Gasteiger partial charge >= 0.3 is 6.18 Å². The zero-order valence-corrected chi connectivity index (χ0v) is 21.6. The molecule has 0 radical (unpaired) electrons. The van der Waals surface area contributed by atoms with Gasteiger partial charge in [0.15, 0.2) is 23.2 Å².